The van der Waals surface area contributed by atoms with E-state index >= 15 is 0 Å². The molecule has 7 heteroatoms. The van der Waals surface area contributed by atoms with Crippen LogP contribution >= 0.6 is 0 Å². The zero-order valence-electron chi connectivity index (χ0n) is 12.9. The summed E-state index contributed by atoms with van der Waals surface area (Å²) in [6.07, 6.45) is 0. The molecule has 0 radical (unpaired) electrons. The number of benzene rings is 2. The van der Waals surface area contributed by atoms with Crippen LogP contribution in [0.25, 0.3) is 0 Å². The van der Waals surface area contributed by atoms with Gasteiger partial charge in [0, 0.05) is 18.2 Å². The largest absolute Gasteiger partial charge is 0.489 e. The van der Waals surface area contributed by atoms with E-state index in [2.05, 4.69) is 5.32 Å². The van der Waals surface area contributed by atoms with Gasteiger partial charge in [0.25, 0.3) is 5.91 Å². The van der Waals surface area contributed by atoms with Crippen molar-refractivity contribution in [2.75, 3.05) is 6.61 Å². The first-order valence-corrected chi connectivity index (χ1v) is 7.18. The Morgan fingerprint density at radius 1 is 1.17 bits per heavy atom. The lowest BCUT2D eigenvalue weighted by atomic mass is 10.1. The maximum Gasteiger partial charge on any atom is 0.257 e. The number of nitrogens with one attached hydrogen (secondary N) is 1. The maximum absolute atomic E-state index is 14.0. The van der Waals surface area contributed by atoms with Gasteiger partial charge >= 0.3 is 0 Å². The van der Waals surface area contributed by atoms with Crippen LogP contribution < -0.4 is 10.1 Å². The highest BCUT2D eigenvalue weighted by atomic mass is 19.1. The summed E-state index contributed by atoms with van der Waals surface area (Å²) in [4.78, 5) is 11.8. The van der Waals surface area contributed by atoms with Crippen LogP contribution in [-0.2, 0) is 6.61 Å². The molecular weight excluding hydrogens is 323 g/mol. The van der Waals surface area contributed by atoms with Crippen molar-refractivity contribution in [3.05, 3.63) is 65.0 Å². The second-order valence-electron chi connectivity index (χ2n) is 5.23. The average molecular weight is 339 g/mol. The van der Waals surface area contributed by atoms with Crippen LogP contribution in [0.15, 0.2) is 36.4 Å². The van der Waals surface area contributed by atoms with Gasteiger partial charge in [0.05, 0.1) is 6.61 Å². The third kappa shape index (κ3) is 4.48. The summed E-state index contributed by atoms with van der Waals surface area (Å²) in [5.41, 5.74) is -0.125. The average Bonchev–Trinajstić information content (AvgIpc) is 2.53. The molecule has 1 atom stereocenters. The van der Waals surface area contributed by atoms with Gasteiger partial charge < -0.3 is 15.2 Å². The minimum atomic E-state index is -1.08. The van der Waals surface area contributed by atoms with E-state index in [1.807, 2.05) is 0 Å². The first-order chi connectivity index (χ1) is 11.4. The highest BCUT2D eigenvalue weighted by Crippen LogP contribution is 2.22. The summed E-state index contributed by atoms with van der Waals surface area (Å²) < 4.78 is 46.1. The van der Waals surface area contributed by atoms with Crippen molar-refractivity contribution in [2.45, 2.75) is 19.6 Å². The molecule has 2 aromatic carbocycles. The number of carbonyl (C=O) groups is 1. The Morgan fingerprint density at radius 3 is 2.29 bits per heavy atom. The summed E-state index contributed by atoms with van der Waals surface area (Å²) in [6, 6.07) is 6.62. The third-order valence-electron chi connectivity index (χ3n) is 3.21. The van der Waals surface area contributed by atoms with Crippen LogP contribution in [0.3, 0.4) is 0 Å². The lowest BCUT2D eigenvalue weighted by molar-refractivity contribution is 0.0913. The monoisotopic (exact) mass is 339 g/mol. The topological polar surface area (TPSA) is 58.6 Å². The minimum Gasteiger partial charge on any atom is -0.489 e. The number of hydrogen-bond acceptors (Lipinski definition) is 3. The number of aliphatic hydroxyl groups excluding tert-OH is 1. The normalized spacial score (nSPS) is 11.9. The van der Waals surface area contributed by atoms with Crippen LogP contribution in [-0.4, -0.2) is 23.7 Å². The molecule has 1 unspecified atom stereocenters. The highest BCUT2D eigenvalue weighted by Gasteiger charge is 2.20. The molecule has 0 saturated carbocycles. The van der Waals surface area contributed by atoms with Crippen LogP contribution in [0.1, 0.15) is 22.8 Å². The molecule has 0 heterocycles. The van der Waals surface area contributed by atoms with Crippen molar-refractivity contribution in [3.63, 3.8) is 0 Å². The highest BCUT2D eigenvalue weighted by molar-refractivity contribution is 5.95. The van der Waals surface area contributed by atoms with E-state index in [-0.39, 0.29) is 19.0 Å². The van der Waals surface area contributed by atoms with E-state index in [1.165, 1.54) is 31.2 Å². The summed E-state index contributed by atoms with van der Waals surface area (Å²) >= 11 is 0. The zero-order valence-corrected chi connectivity index (χ0v) is 12.9. The Bertz CT molecular complexity index is 697. The molecule has 4 nitrogen and oxygen atoms in total. The van der Waals surface area contributed by atoms with Gasteiger partial charge in [-0.2, -0.15) is 0 Å². The summed E-state index contributed by atoms with van der Waals surface area (Å²) in [7, 11) is 0. The van der Waals surface area contributed by atoms with Crippen molar-refractivity contribution in [1.29, 1.82) is 0 Å². The van der Waals surface area contributed by atoms with Crippen LogP contribution in [0, 0.1) is 17.5 Å². The second kappa shape index (κ2) is 7.83. The minimum absolute atomic E-state index is 0.00769. The molecule has 0 fully saturated rings. The SMILES string of the molecule is CC(CO)NC(=O)c1c(F)cc(OCc2ccc(F)cc2)cc1F. The van der Waals surface area contributed by atoms with Gasteiger partial charge in [-0.3, -0.25) is 4.79 Å². The first-order valence-electron chi connectivity index (χ1n) is 7.18. The number of halogens is 3. The van der Waals surface area contributed by atoms with Gasteiger partial charge in [-0.15, -0.1) is 0 Å². The number of amides is 1. The van der Waals surface area contributed by atoms with Crippen molar-refractivity contribution in [1.82, 2.24) is 5.32 Å². The lowest BCUT2D eigenvalue weighted by Crippen LogP contribution is -2.36. The molecule has 0 aliphatic rings. The van der Waals surface area contributed by atoms with E-state index in [0.29, 0.717) is 5.56 Å². The number of ether oxygens (including phenoxy) is 1. The summed E-state index contributed by atoms with van der Waals surface area (Å²) in [5.74, 6) is -3.61. The predicted octanol–water partition coefficient (Wildman–Crippen LogP) is 2.79. The van der Waals surface area contributed by atoms with E-state index in [4.69, 9.17) is 9.84 Å². The van der Waals surface area contributed by atoms with E-state index < -0.39 is 35.0 Å². The molecule has 0 aromatic heterocycles. The molecule has 0 bridgehead atoms. The fourth-order valence-electron chi connectivity index (χ4n) is 1.94. The predicted molar refractivity (Wildman–Crippen MR) is 81.1 cm³/mol. The van der Waals surface area contributed by atoms with Gasteiger partial charge in [-0.25, -0.2) is 13.2 Å². The third-order valence-corrected chi connectivity index (χ3v) is 3.21. The van der Waals surface area contributed by atoms with Crippen molar-refractivity contribution in [2.24, 2.45) is 0 Å². The maximum atomic E-state index is 14.0. The molecule has 24 heavy (non-hydrogen) atoms. The molecule has 0 aliphatic heterocycles. The quantitative estimate of drug-likeness (QED) is 0.851. The van der Waals surface area contributed by atoms with Gasteiger partial charge in [-0.1, -0.05) is 12.1 Å². The molecule has 1 amide bonds. The molecular formula is C17H16F3NO3. The number of hydrogen-bond donors (Lipinski definition) is 2. The van der Waals surface area contributed by atoms with Gasteiger partial charge in [0.1, 0.15) is 35.4 Å². The number of rotatable bonds is 6. The number of aliphatic hydroxyl groups is 1. The van der Waals surface area contributed by atoms with Crippen molar-refractivity contribution in [3.8, 4) is 5.75 Å². The summed E-state index contributed by atoms with van der Waals surface area (Å²) in [5, 5.41) is 11.1. The standard InChI is InChI=1S/C17H16F3NO3/c1-10(8-22)21-17(23)16-14(19)6-13(7-15(16)20)24-9-11-2-4-12(18)5-3-11/h2-7,10,22H,8-9H2,1H3,(H,21,23). The molecule has 2 aromatic rings. The molecule has 128 valence electrons. The fraction of sp³-hybridized carbons (Fsp3) is 0.235. The van der Waals surface area contributed by atoms with Crippen LogP contribution in [0.5, 0.6) is 5.75 Å². The van der Waals surface area contributed by atoms with Gasteiger partial charge in [0.2, 0.25) is 0 Å². The zero-order chi connectivity index (χ0) is 17.7. The van der Waals surface area contributed by atoms with Crippen LogP contribution in [0.4, 0.5) is 13.2 Å². The van der Waals surface area contributed by atoms with E-state index in [1.54, 1.807) is 0 Å². The lowest BCUT2D eigenvalue weighted by Gasteiger charge is -2.13. The first kappa shape index (κ1) is 17.8. The van der Waals surface area contributed by atoms with E-state index in [0.717, 1.165) is 12.1 Å². The molecule has 2 N–H and O–H groups in total. The van der Waals surface area contributed by atoms with Gasteiger partial charge in [0.15, 0.2) is 0 Å². The smallest absolute Gasteiger partial charge is 0.257 e. The molecule has 0 spiro atoms. The Morgan fingerprint density at radius 2 is 1.75 bits per heavy atom. The molecule has 2 rings (SSSR count). The molecule has 0 aliphatic carbocycles. The van der Waals surface area contributed by atoms with Gasteiger partial charge in [-0.05, 0) is 24.6 Å². The Labute approximate surface area is 136 Å². The Kier molecular flexibility index (Phi) is 5.81. The Hall–Kier alpha value is -2.54. The summed E-state index contributed by atoms with van der Waals surface area (Å²) in [6.45, 7) is 1.13. The fourth-order valence-corrected chi connectivity index (χ4v) is 1.94. The Balaban J connectivity index is 2.11. The number of carbonyl (C=O) groups excluding carboxylic acids is 1. The molecule has 0 saturated heterocycles. The van der Waals surface area contributed by atoms with Crippen LogP contribution in [0.2, 0.25) is 0 Å². The van der Waals surface area contributed by atoms with E-state index in [9.17, 15) is 18.0 Å². The second-order valence-corrected chi connectivity index (χ2v) is 5.23. The van der Waals surface area contributed by atoms with Crippen molar-refractivity contribution < 1.29 is 27.8 Å². The van der Waals surface area contributed by atoms with Crippen molar-refractivity contribution >= 4 is 5.91 Å².